The van der Waals surface area contributed by atoms with Gasteiger partial charge in [-0.15, -0.1) is 10.2 Å². The predicted molar refractivity (Wildman–Crippen MR) is 111 cm³/mol. The minimum atomic E-state index is -0.605. The zero-order valence-corrected chi connectivity index (χ0v) is 17.1. The average Bonchev–Trinajstić information content (AvgIpc) is 3.16. The molecule has 6 nitrogen and oxygen atoms in total. The lowest BCUT2D eigenvalue weighted by molar-refractivity contribution is 0.126. The minimum Gasteiger partial charge on any atom is -0.497 e. The molecule has 0 unspecified atom stereocenters. The van der Waals surface area contributed by atoms with Crippen LogP contribution in [0.3, 0.4) is 0 Å². The quantitative estimate of drug-likeness (QED) is 0.547. The van der Waals surface area contributed by atoms with Crippen LogP contribution in [0.5, 0.6) is 11.5 Å². The number of nitrogens with zero attached hydrogens (tertiary/aromatic N) is 3. The zero-order chi connectivity index (χ0) is 19.9. The topological polar surface area (TPSA) is 69.4 Å². The van der Waals surface area contributed by atoms with Crippen molar-refractivity contribution in [1.29, 1.82) is 0 Å². The third-order valence-electron chi connectivity index (χ3n) is 4.12. The molecule has 0 aliphatic carbocycles. The Bertz CT molecular complexity index is 866. The lowest BCUT2D eigenvalue weighted by atomic mass is 10.2. The first-order valence-corrected chi connectivity index (χ1v) is 10.1. The second-order valence-electron chi connectivity index (χ2n) is 6.59. The SMILES string of the molecule is COc1ccc(-c2nnc(SC[C@H](O)COc3ccccc3)n2C(C)C)cc1. The van der Waals surface area contributed by atoms with Gasteiger partial charge in [-0.25, -0.2) is 0 Å². The van der Waals surface area contributed by atoms with Crippen LogP contribution in [0.15, 0.2) is 59.8 Å². The van der Waals surface area contributed by atoms with E-state index in [1.807, 2.05) is 54.6 Å². The van der Waals surface area contributed by atoms with Crippen molar-refractivity contribution in [3.8, 4) is 22.9 Å². The molecule has 0 bridgehead atoms. The van der Waals surface area contributed by atoms with Crippen LogP contribution in [-0.4, -0.2) is 45.4 Å². The Morgan fingerprint density at radius 2 is 1.71 bits per heavy atom. The summed E-state index contributed by atoms with van der Waals surface area (Å²) in [5.41, 5.74) is 0.974. The largest absolute Gasteiger partial charge is 0.497 e. The molecule has 7 heteroatoms. The molecule has 2 aromatic carbocycles. The highest BCUT2D eigenvalue weighted by molar-refractivity contribution is 7.99. The summed E-state index contributed by atoms with van der Waals surface area (Å²) in [6, 6.07) is 17.4. The van der Waals surface area contributed by atoms with E-state index < -0.39 is 6.10 Å². The maximum Gasteiger partial charge on any atom is 0.191 e. The van der Waals surface area contributed by atoms with Crippen molar-refractivity contribution in [3.63, 3.8) is 0 Å². The van der Waals surface area contributed by atoms with Gasteiger partial charge in [-0.05, 0) is 50.2 Å². The molecule has 1 aromatic heterocycles. The van der Waals surface area contributed by atoms with Gasteiger partial charge in [0.1, 0.15) is 18.1 Å². The van der Waals surface area contributed by atoms with E-state index in [1.54, 1.807) is 7.11 Å². The third-order valence-corrected chi connectivity index (χ3v) is 5.21. The molecule has 0 fully saturated rings. The highest BCUT2D eigenvalue weighted by Gasteiger charge is 2.18. The van der Waals surface area contributed by atoms with Crippen molar-refractivity contribution in [1.82, 2.24) is 14.8 Å². The first-order valence-electron chi connectivity index (χ1n) is 9.16. The second kappa shape index (κ2) is 9.61. The van der Waals surface area contributed by atoms with Crippen LogP contribution in [0, 0.1) is 0 Å². The van der Waals surface area contributed by atoms with Crippen LogP contribution in [-0.2, 0) is 0 Å². The fourth-order valence-electron chi connectivity index (χ4n) is 2.71. The molecule has 0 saturated heterocycles. The molecule has 28 heavy (non-hydrogen) atoms. The molecule has 0 spiro atoms. The van der Waals surface area contributed by atoms with Crippen molar-refractivity contribution in [2.75, 3.05) is 19.5 Å². The van der Waals surface area contributed by atoms with E-state index in [-0.39, 0.29) is 12.6 Å². The van der Waals surface area contributed by atoms with E-state index in [0.29, 0.717) is 5.75 Å². The van der Waals surface area contributed by atoms with Crippen LogP contribution in [0.1, 0.15) is 19.9 Å². The molecular weight excluding hydrogens is 374 g/mol. The summed E-state index contributed by atoms with van der Waals surface area (Å²) >= 11 is 1.48. The molecular formula is C21H25N3O3S. The maximum atomic E-state index is 10.3. The summed E-state index contributed by atoms with van der Waals surface area (Å²) in [5.74, 6) is 2.82. The van der Waals surface area contributed by atoms with Gasteiger partial charge in [0.15, 0.2) is 11.0 Å². The number of rotatable bonds is 9. The average molecular weight is 400 g/mol. The van der Waals surface area contributed by atoms with Gasteiger partial charge >= 0.3 is 0 Å². The van der Waals surface area contributed by atoms with E-state index in [0.717, 1.165) is 28.0 Å². The fourth-order valence-corrected chi connectivity index (χ4v) is 3.68. The first-order chi connectivity index (χ1) is 13.6. The molecule has 1 N–H and O–H groups in total. The molecule has 0 aliphatic heterocycles. The van der Waals surface area contributed by atoms with Gasteiger partial charge in [0.2, 0.25) is 0 Å². The van der Waals surface area contributed by atoms with E-state index >= 15 is 0 Å². The Hall–Kier alpha value is -2.51. The summed E-state index contributed by atoms with van der Waals surface area (Å²) < 4.78 is 12.9. The predicted octanol–water partition coefficient (Wildman–Crippen LogP) is 4.07. The Morgan fingerprint density at radius 3 is 2.36 bits per heavy atom. The van der Waals surface area contributed by atoms with Gasteiger partial charge in [0.05, 0.1) is 13.2 Å². The first kappa shape index (κ1) is 20.2. The van der Waals surface area contributed by atoms with Crippen LogP contribution in [0.4, 0.5) is 0 Å². The summed E-state index contributed by atoms with van der Waals surface area (Å²) in [5, 5.41) is 19.8. The van der Waals surface area contributed by atoms with Gasteiger partial charge in [-0.3, -0.25) is 4.57 Å². The lowest BCUT2D eigenvalue weighted by Gasteiger charge is -2.15. The summed E-state index contributed by atoms with van der Waals surface area (Å²) in [6.07, 6.45) is -0.605. The number of aliphatic hydroxyl groups is 1. The van der Waals surface area contributed by atoms with Crippen molar-refractivity contribution in [2.24, 2.45) is 0 Å². The number of hydrogen-bond acceptors (Lipinski definition) is 6. The number of aliphatic hydroxyl groups excluding tert-OH is 1. The van der Waals surface area contributed by atoms with Gasteiger partial charge in [0, 0.05) is 17.4 Å². The van der Waals surface area contributed by atoms with E-state index in [4.69, 9.17) is 9.47 Å². The van der Waals surface area contributed by atoms with Gasteiger partial charge in [0.25, 0.3) is 0 Å². The van der Waals surface area contributed by atoms with Crippen molar-refractivity contribution >= 4 is 11.8 Å². The maximum absolute atomic E-state index is 10.3. The number of aromatic nitrogens is 3. The van der Waals surface area contributed by atoms with Crippen LogP contribution < -0.4 is 9.47 Å². The molecule has 0 amide bonds. The fraction of sp³-hybridized carbons (Fsp3) is 0.333. The third kappa shape index (κ3) is 5.05. The van der Waals surface area contributed by atoms with Crippen molar-refractivity contribution in [3.05, 3.63) is 54.6 Å². The molecule has 0 saturated carbocycles. The molecule has 3 rings (SSSR count). The van der Waals surface area contributed by atoms with Crippen LogP contribution >= 0.6 is 11.8 Å². The standard InChI is InChI=1S/C21H25N3O3S/c1-15(2)24-20(16-9-11-18(26-3)12-10-16)22-23-21(24)28-14-17(25)13-27-19-7-5-4-6-8-19/h4-12,15,17,25H,13-14H2,1-3H3/t17-/m1/s1. The summed E-state index contributed by atoms with van der Waals surface area (Å²) in [7, 11) is 1.65. The van der Waals surface area contributed by atoms with Crippen molar-refractivity contribution < 1.29 is 14.6 Å². The smallest absolute Gasteiger partial charge is 0.191 e. The summed E-state index contributed by atoms with van der Waals surface area (Å²) in [4.78, 5) is 0. The highest BCUT2D eigenvalue weighted by Crippen LogP contribution is 2.29. The number of ether oxygens (including phenoxy) is 2. The van der Waals surface area contributed by atoms with Gasteiger partial charge in [-0.1, -0.05) is 30.0 Å². The molecule has 148 valence electrons. The highest BCUT2D eigenvalue weighted by atomic mass is 32.2. The molecule has 1 heterocycles. The molecule has 0 radical (unpaired) electrons. The Labute approximate surface area is 169 Å². The number of para-hydroxylation sites is 1. The molecule has 0 aliphatic rings. The van der Waals surface area contributed by atoms with E-state index in [1.165, 1.54) is 11.8 Å². The number of benzene rings is 2. The Kier molecular flexibility index (Phi) is 6.95. The Balaban J connectivity index is 1.65. The van der Waals surface area contributed by atoms with Crippen LogP contribution in [0.25, 0.3) is 11.4 Å². The van der Waals surface area contributed by atoms with Crippen molar-refractivity contribution in [2.45, 2.75) is 31.1 Å². The summed E-state index contributed by atoms with van der Waals surface area (Å²) in [6.45, 7) is 4.42. The Morgan fingerprint density at radius 1 is 1.00 bits per heavy atom. The minimum absolute atomic E-state index is 0.187. The zero-order valence-electron chi connectivity index (χ0n) is 16.3. The second-order valence-corrected chi connectivity index (χ2v) is 7.57. The van der Waals surface area contributed by atoms with Gasteiger partial charge in [-0.2, -0.15) is 0 Å². The van der Waals surface area contributed by atoms with E-state index in [9.17, 15) is 5.11 Å². The lowest BCUT2D eigenvalue weighted by Crippen LogP contribution is -2.20. The molecule has 3 aromatic rings. The molecule has 1 atom stereocenters. The van der Waals surface area contributed by atoms with E-state index in [2.05, 4.69) is 28.6 Å². The van der Waals surface area contributed by atoms with Crippen LogP contribution in [0.2, 0.25) is 0 Å². The number of thioether (sulfide) groups is 1. The normalized spacial score (nSPS) is 12.2. The number of methoxy groups -OCH3 is 1. The monoisotopic (exact) mass is 399 g/mol. The van der Waals surface area contributed by atoms with Gasteiger partial charge < -0.3 is 14.6 Å². The number of hydrogen-bond donors (Lipinski definition) is 1.